The van der Waals surface area contributed by atoms with Gasteiger partial charge < -0.3 is 10.6 Å². The van der Waals surface area contributed by atoms with Crippen LogP contribution in [0.4, 0.5) is 0 Å². The fraction of sp³-hybridized carbons (Fsp3) is 0.263. The molecule has 0 aliphatic carbocycles. The molecule has 1 unspecified atom stereocenters. The van der Waals surface area contributed by atoms with Gasteiger partial charge in [-0.05, 0) is 47.9 Å². The summed E-state index contributed by atoms with van der Waals surface area (Å²) in [5, 5.41) is 6.79. The fourth-order valence-electron chi connectivity index (χ4n) is 2.31. The molecule has 0 radical (unpaired) electrons. The van der Waals surface area contributed by atoms with E-state index >= 15 is 0 Å². The molecular weight excluding hydrogens is 359 g/mol. The molecule has 2 aromatic carbocycles. The molecule has 0 heterocycles. The third-order valence-corrected chi connectivity index (χ3v) is 4.18. The topological polar surface area (TPSA) is 58.2 Å². The molecule has 2 N–H and O–H groups in total. The molecule has 0 aliphatic rings. The average Bonchev–Trinajstić information content (AvgIpc) is 2.57. The number of hydrogen-bond donors (Lipinski definition) is 2. The van der Waals surface area contributed by atoms with E-state index in [4.69, 9.17) is 23.2 Å². The quantitative estimate of drug-likeness (QED) is 0.795. The zero-order valence-electron chi connectivity index (χ0n) is 14.1. The number of amides is 2. The molecule has 2 amide bonds. The highest BCUT2D eigenvalue weighted by Crippen LogP contribution is 2.12. The Balaban J connectivity index is 2.00. The van der Waals surface area contributed by atoms with E-state index in [-0.39, 0.29) is 17.7 Å². The Bertz CT molecular complexity index is 745. The summed E-state index contributed by atoms with van der Waals surface area (Å²) in [5.74, 6) is -0.610. The number of benzene rings is 2. The average molecular weight is 379 g/mol. The van der Waals surface area contributed by atoms with E-state index in [2.05, 4.69) is 10.6 Å². The van der Waals surface area contributed by atoms with Gasteiger partial charge in [0.1, 0.15) is 6.04 Å². The first-order valence-electron chi connectivity index (χ1n) is 7.95. The van der Waals surface area contributed by atoms with Gasteiger partial charge in [-0.25, -0.2) is 0 Å². The summed E-state index contributed by atoms with van der Waals surface area (Å²) in [5.41, 5.74) is 1.35. The van der Waals surface area contributed by atoms with Crippen LogP contribution in [0.3, 0.4) is 0 Å². The second-order valence-corrected chi connectivity index (χ2v) is 6.92. The van der Waals surface area contributed by atoms with Crippen LogP contribution in [0.1, 0.15) is 29.8 Å². The fourth-order valence-corrected chi connectivity index (χ4v) is 2.65. The standard InChI is InChI=1S/C19H20Cl2N2O2/c1-12(2)17(23-18(24)14-6-8-15(20)9-7-14)19(25)22-11-13-4-3-5-16(21)10-13/h3-10,12,17H,11H2,1-2H3,(H,22,25)(H,23,24). The monoisotopic (exact) mass is 378 g/mol. The van der Waals surface area contributed by atoms with Crippen LogP contribution in [-0.2, 0) is 11.3 Å². The highest BCUT2D eigenvalue weighted by molar-refractivity contribution is 6.30. The molecule has 2 aromatic rings. The van der Waals surface area contributed by atoms with Crippen molar-refractivity contribution in [3.8, 4) is 0 Å². The Labute approximate surface area is 157 Å². The minimum absolute atomic E-state index is 0.0596. The van der Waals surface area contributed by atoms with Gasteiger partial charge in [-0.2, -0.15) is 0 Å². The van der Waals surface area contributed by atoms with Gasteiger partial charge in [-0.3, -0.25) is 9.59 Å². The molecule has 6 heteroatoms. The van der Waals surface area contributed by atoms with Crippen LogP contribution >= 0.6 is 23.2 Å². The number of nitrogens with one attached hydrogen (secondary N) is 2. The number of rotatable bonds is 6. The van der Waals surface area contributed by atoms with Crippen molar-refractivity contribution < 1.29 is 9.59 Å². The minimum Gasteiger partial charge on any atom is -0.350 e. The van der Waals surface area contributed by atoms with Crippen molar-refractivity contribution >= 4 is 35.0 Å². The summed E-state index contributed by atoms with van der Waals surface area (Å²) in [6.45, 7) is 4.11. The Morgan fingerprint density at radius 3 is 2.28 bits per heavy atom. The molecule has 4 nitrogen and oxygen atoms in total. The predicted molar refractivity (Wildman–Crippen MR) is 101 cm³/mol. The van der Waals surface area contributed by atoms with Crippen molar-refractivity contribution in [2.24, 2.45) is 5.92 Å². The number of carbonyl (C=O) groups is 2. The Morgan fingerprint density at radius 2 is 1.68 bits per heavy atom. The zero-order chi connectivity index (χ0) is 18.4. The summed E-state index contributed by atoms with van der Waals surface area (Å²) in [7, 11) is 0. The van der Waals surface area contributed by atoms with Crippen molar-refractivity contribution in [1.29, 1.82) is 0 Å². The summed E-state index contributed by atoms with van der Waals surface area (Å²) < 4.78 is 0. The first-order chi connectivity index (χ1) is 11.9. The van der Waals surface area contributed by atoms with Crippen molar-refractivity contribution in [2.75, 3.05) is 0 Å². The highest BCUT2D eigenvalue weighted by atomic mass is 35.5. The SMILES string of the molecule is CC(C)C(NC(=O)c1ccc(Cl)cc1)C(=O)NCc1cccc(Cl)c1. The van der Waals surface area contributed by atoms with Gasteiger partial charge in [0.25, 0.3) is 5.91 Å². The van der Waals surface area contributed by atoms with E-state index in [1.54, 1.807) is 36.4 Å². The molecule has 1 atom stereocenters. The maximum Gasteiger partial charge on any atom is 0.251 e. The van der Waals surface area contributed by atoms with Crippen LogP contribution in [0, 0.1) is 5.92 Å². The largest absolute Gasteiger partial charge is 0.350 e. The van der Waals surface area contributed by atoms with Gasteiger partial charge in [0.2, 0.25) is 5.91 Å². The van der Waals surface area contributed by atoms with Gasteiger partial charge in [0.15, 0.2) is 0 Å². The van der Waals surface area contributed by atoms with Crippen LogP contribution in [-0.4, -0.2) is 17.9 Å². The summed E-state index contributed by atoms with van der Waals surface area (Å²) in [6, 6.07) is 13.2. The van der Waals surface area contributed by atoms with Crippen LogP contribution in [0.25, 0.3) is 0 Å². The molecule has 0 saturated carbocycles. The van der Waals surface area contributed by atoms with Crippen LogP contribution in [0.15, 0.2) is 48.5 Å². The Hall–Kier alpha value is -2.04. The van der Waals surface area contributed by atoms with Gasteiger partial charge in [-0.15, -0.1) is 0 Å². The summed E-state index contributed by atoms with van der Waals surface area (Å²) >= 11 is 11.8. The van der Waals surface area contributed by atoms with E-state index < -0.39 is 6.04 Å². The predicted octanol–water partition coefficient (Wildman–Crippen LogP) is 4.06. The van der Waals surface area contributed by atoms with E-state index in [9.17, 15) is 9.59 Å². The normalized spacial score (nSPS) is 11.9. The Morgan fingerprint density at radius 1 is 1.00 bits per heavy atom. The van der Waals surface area contributed by atoms with Gasteiger partial charge in [-0.1, -0.05) is 49.2 Å². The van der Waals surface area contributed by atoms with Crippen LogP contribution in [0.5, 0.6) is 0 Å². The third-order valence-electron chi connectivity index (χ3n) is 3.70. The van der Waals surface area contributed by atoms with Crippen molar-refractivity contribution in [1.82, 2.24) is 10.6 Å². The molecule has 0 aliphatic heterocycles. The molecule has 25 heavy (non-hydrogen) atoms. The van der Waals surface area contributed by atoms with E-state index in [0.717, 1.165) is 5.56 Å². The van der Waals surface area contributed by atoms with Crippen LogP contribution in [0.2, 0.25) is 10.0 Å². The van der Waals surface area contributed by atoms with Crippen molar-refractivity contribution in [3.05, 3.63) is 69.7 Å². The lowest BCUT2D eigenvalue weighted by atomic mass is 10.0. The highest BCUT2D eigenvalue weighted by Gasteiger charge is 2.24. The molecule has 0 spiro atoms. The minimum atomic E-state index is -0.637. The number of hydrogen-bond acceptors (Lipinski definition) is 2. The maximum atomic E-state index is 12.5. The summed E-state index contributed by atoms with van der Waals surface area (Å²) in [4.78, 5) is 24.8. The molecule has 132 valence electrons. The van der Waals surface area contributed by atoms with Gasteiger partial charge in [0, 0.05) is 22.2 Å². The lowest BCUT2D eigenvalue weighted by Gasteiger charge is -2.22. The van der Waals surface area contributed by atoms with E-state index in [1.807, 2.05) is 26.0 Å². The van der Waals surface area contributed by atoms with Crippen molar-refractivity contribution in [2.45, 2.75) is 26.4 Å². The first kappa shape index (κ1) is 19.3. The Kier molecular flexibility index (Phi) is 6.85. The molecule has 0 fully saturated rings. The molecule has 0 bridgehead atoms. The van der Waals surface area contributed by atoms with Gasteiger partial charge >= 0.3 is 0 Å². The zero-order valence-corrected chi connectivity index (χ0v) is 15.6. The molecule has 0 saturated heterocycles. The first-order valence-corrected chi connectivity index (χ1v) is 8.71. The molecule has 0 aromatic heterocycles. The second-order valence-electron chi connectivity index (χ2n) is 6.05. The number of halogens is 2. The van der Waals surface area contributed by atoms with Crippen molar-refractivity contribution in [3.63, 3.8) is 0 Å². The second kappa shape index (κ2) is 8.88. The smallest absolute Gasteiger partial charge is 0.251 e. The lowest BCUT2D eigenvalue weighted by Crippen LogP contribution is -2.49. The molecular formula is C19H20Cl2N2O2. The van der Waals surface area contributed by atoms with Gasteiger partial charge in [0.05, 0.1) is 0 Å². The van der Waals surface area contributed by atoms with Crippen LogP contribution < -0.4 is 10.6 Å². The summed E-state index contributed by atoms with van der Waals surface area (Å²) in [6.07, 6.45) is 0. The molecule has 2 rings (SSSR count). The lowest BCUT2D eigenvalue weighted by molar-refractivity contribution is -0.124. The maximum absolute atomic E-state index is 12.5. The van der Waals surface area contributed by atoms with E-state index in [1.165, 1.54) is 0 Å². The third kappa shape index (κ3) is 5.76. The number of carbonyl (C=O) groups excluding carboxylic acids is 2. The van der Waals surface area contributed by atoms with E-state index in [0.29, 0.717) is 22.2 Å².